The molecule has 2 aromatic rings. The van der Waals surface area contributed by atoms with E-state index >= 15 is 0 Å². The van der Waals surface area contributed by atoms with Crippen molar-refractivity contribution in [3.63, 3.8) is 0 Å². The van der Waals surface area contributed by atoms with Gasteiger partial charge in [0.05, 0.1) is 12.5 Å². The Labute approximate surface area is 123 Å². The van der Waals surface area contributed by atoms with Crippen molar-refractivity contribution in [2.24, 2.45) is 0 Å². The number of ether oxygens (including phenoxy) is 1. The molecule has 0 amide bonds. The van der Waals surface area contributed by atoms with Gasteiger partial charge in [0.1, 0.15) is 0 Å². The van der Waals surface area contributed by atoms with Crippen LogP contribution in [0.3, 0.4) is 0 Å². The summed E-state index contributed by atoms with van der Waals surface area (Å²) in [6.45, 7) is 4.49. The van der Waals surface area contributed by atoms with Crippen molar-refractivity contribution in [3.05, 3.63) is 24.4 Å². The van der Waals surface area contributed by atoms with Gasteiger partial charge in [-0.1, -0.05) is 12.1 Å². The second-order valence-electron chi connectivity index (χ2n) is 5.06. The van der Waals surface area contributed by atoms with Gasteiger partial charge in [-0.05, 0) is 25.5 Å². The van der Waals surface area contributed by atoms with E-state index in [0.717, 1.165) is 26.0 Å². The molecule has 7 heteroatoms. The zero-order valence-corrected chi connectivity index (χ0v) is 12.0. The molecule has 0 aliphatic carbocycles. The van der Waals surface area contributed by atoms with E-state index in [1.54, 1.807) is 18.5 Å². The third-order valence-corrected chi connectivity index (χ3v) is 3.54. The van der Waals surface area contributed by atoms with Crippen LogP contribution in [0.4, 0.5) is 0 Å². The van der Waals surface area contributed by atoms with Crippen molar-refractivity contribution in [1.82, 2.24) is 25.4 Å². The van der Waals surface area contributed by atoms with Crippen molar-refractivity contribution in [2.75, 3.05) is 19.8 Å². The molecule has 0 spiro atoms. The molecule has 2 atom stereocenters. The minimum Gasteiger partial charge on any atom is -0.381 e. The number of hydrogen-bond acceptors (Lipinski definition) is 7. The summed E-state index contributed by atoms with van der Waals surface area (Å²) in [6, 6.07) is 2.06. The highest BCUT2D eigenvalue weighted by Gasteiger charge is 2.31. The summed E-state index contributed by atoms with van der Waals surface area (Å²) in [6.07, 6.45) is 5.36. The van der Waals surface area contributed by atoms with Crippen LogP contribution in [-0.2, 0) is 4.74 Å². The summed E-state index contributed by atoms with van der Waals surface area (Å²) in [5, 5.41) is 7.51. The van der Waals surface area contributed by atoms with Gasteiger partial charge in [0, 0.05) is 25.0 Å². The normalized spacial score (nSPS) is 22.3. The Hall–Kier alpha value is -1.86. The Morgan fingerprint density at radius 3 is 2.95 bits per heavy atom. The molecule has 0 aromatic carbocycles. The first-order chi connectivity index (χ1) is 10.4. The third kappa shape index (κ3) is 3.25. The van der Waals surface area contributed by atoms with Gasteiger partial charge < -0.3 is 14.6 Å². The fourth-order valence-electron chi connectivity index (χ4n) is 2.45. The lowest BCUT2D eigenvalue weighted by Crippen LogP contribution is -2.41. The maximum absolute atomic E-state index is 5.56. The van der Waals surface area contributed by atoms with E-state index in [2.05, 4.69) is 32.3 Å². The summed E-state index contributed by atoms with van der Waals surface area (Å²) in [5.41, 5.74) is 0. The van der Waals surface area contributed by atoms with Gasteiger partial charge in [-0.25, -0.2) is 9.97 Å². The SMILES string of the molecule is CCCNC1CCOCC1c1nc(-c2ncccn2)no1. The van der Waals surface area contributed by atoms with Crippen LogP contribution in [0, 0.1) is 0 Å². The smallest absolute Gasteiger partial charge is 0.240 e. The van der Waals surface area contributed by atoms with Crippen LogP contribution in [0.2, 0.25) is 0 Å². The summed E-state index contributed by atoms with van der Waals surface area (Å²) in [7, 11) is 0. The number of nitrogens with one attached hydrogen (secondary N) is 1. The number of hydrogen-bond donors (Lipinski definition) is 1. The Balaban J connectivity index is 1.77. The average Bonchev–Trinajstić information content (AvgIpc) is 3.04. The monoisotopic (exact) mass is 289 g/mol. The first-order valence-corrected chi connectivity index (χ1v) is 7.30. The maximum Gasteiger partial charge on any atom is 0.240 e. The zero-order valence-electron chi connectivity index (χ0n) is 12.0. The number of nitrogens with zero attached hydrogens (tertiary/aromatic N) is 4. The average molecular weight is 289 g/mol. The van der Waals surface area contributed by atoms with Crippen LogP contribution in [0.15, 0.2) is 23.0 Å². The van der Waals surface area contributed by atoms with E-state index < -0.39 is 0 Å². The minimum atomic E-state index is 0.0789. The van der Waals surface area contributed by atoms with Crippen molar-refractivity contribution < 1.29 is 9.26 Å². The van der Waals surface area contributed by atoms with Crippen molar-refractivity contribution >= 4 is 0 Å². The molecule has 7 nitrogen and oxygen atoms in total. The Morgan fingerprint density at radius 2 is 2.14 bits per heavy atom. The molecule has 3 heterocycles. The van der Waals surface area contributed by atoms with Gasteiger partial charge in [0.25, 0.3) is 0 Å². The fourth-order valence-corrected chi connectivity index (χ4v) is 2.45. The molecule has 0 saturated carbocycles. The number of rotatable bonds is 5. The molecule has 1 saturated heterocycles. The van der Waals surface area contributed by atoms with Crippen LogP contribution < -0.4 is 5.32 Å². The van der Waals surface area contributed by atoms with Gasteiger partial charge in [-0.15, -0.1) is 0 Å². The van der Waals surface area contributed by atoms with E-state index in [9.17, 15) is 0 Å². The van der Waals surface area contributed by atoms with Gasteiger partial charge in [0.15, 0.2) is 0 Å². The van der Waals surface area contributed by atoms with Crippen molar-refractivity contribution in [2.45, 2.75) is 31.7 Å². The zero-order chi connectivity index (χ0) is 14.5. The minimum absolute atomic E-state index is 0.0789. The molecular weight excluding hydrogens is 270 g/mol. The molecule has 0 bridgehead atoms. The first kappa shape index (κ1) is 14.1. The highest BCUT2D eigenvalue weighted by atomic mass is 16.5. The molecular formula is C14H19N5O2. The molecule has 1 fully saturated rings. The lowest BCUT2D eigenvalue weighted by Gasteiger charge is -2.29. The van der Waals surface area contributed by atoms with Crippen LogP contribution in [0.1, 0.15) is 31.6 Å². The van der Waals surface area contributed by atoms with Gasteiger partial charge >= 0.3 is 0 Å². The summed E-state index contributed by atoms with van der Waals surface area (Å²) in [5.74, 6) is 1.56. The highest BCUT2D eigenvalue weighted by Crippen LogP contribution is 2.26. The largest absolute Gasteiger partial charge is 0.381 e. The van der Waals surface area contributed by atoms with E-state index in [0.29, 0.717) is 30.2 Å². The molecule has 1 aliphatic rings. The van der Waals surface area contributed by atoms with E-state index in [1.807, 2.05) is 0 Å². The van der Waals surface area contributed by atoms with Crippen molar-refractivity contribution in [3.8, 4) is 11.6 Å². The van der Waals surface area contributed by atoms with Gasteiger partial charge in [0.2, 0.25) is 17.5 Å². The Morgan fingerprint density at radius 1 is 1.29 bits per heavy atom. The summed E-state index contributed by atoms with van der Waals surface area (Å²) < 4.78 is 11.0. The quantitative estimate of drug-likeness (QED) is 0.890. The first-order valence-electron chi connectivity index (χ1n) is 7.30. The predicted molar refractivity (Wildman–Crippen MR) is 75.6 cm³/mol. The summed E-state index contributed by atoms with van der Waals surface area (Å²) >= 11 is 0. The lowest BCUT2D eigenvalue weighted by atomic mass is 9.95. The third-order valence-electron chi connectivity index (χ3n) is 3.54. The van der Waals surface area contributed by atoms with Crippen molar-refractivity contribution in [1.29, 1.82) is 0 Å². The van der Waals surface area contributed by atoms with Crippen LogP contribution in [-0.4, -0.2) is 45.9 Å². The Bertz CT molecular complexity index is 560. The van der Waals surface area contributed by atoms with Gasteiger partial charge in [-0.2, -0.15) is 4.98 Å². The molecule has 1 N–H and O–H groups in total. The maximum atomic E-state index is 5.56. The second-order valence-corrected chi connectivity index (χ2v) is 5.06. The fraction of sp³-hybridized carbons (Fsp3) is 0.571. The topological polar surface area (TPSA) is 86.0 Å². The molecule has 1 aliphatic heterocycles. The molecule has 3 rings (SSSR count). The van der Waals surface area contributed by atoms with Crippen LogP contribution in [0.25, 0.3) is 11.6 Å². The highest BCUT2D eigenvalue weighted by molar-refractivity contribution is 5.40. The standard InChI is InChI=1S/C14H19N5O2/c1-2-5-15-11-4-8-20-9-10(11)14-18-13(19-21-14)12-16-6-3-7-17-12/h3,6-7,10-11,15H,2,4-5,8-9H2,1H3. The van der Waals surface area contributed by atoms with E-state index in [-0.39, 0.29) is 5.92 Å². The summed E-state index contributed by atoms with van der Waals surface area (Å²) in [4.78, 5) is 12.7. The lowest BCUT2D eigenvalue weighted by molar-refractivity contribution is 0.0498. The van der Waals surface area contributed by atoms with Crippen LogP contribution >= 0.6 is 0 Å². The van der Waals surface area contributed by atoms with Gasteiger partial charge in [-0.3, -0.25) is 0 Å². The molecule has 2 unspecified atom stereocenters. The molecule has 0 radical (unpaired) electrons. The molecule has 2 aromatic heterocycles. The molecule has 21 heavy (non-hydrogen) atoms. The van der Waals surface area contributed by atoms with E-state index in [1.165, 1.54) is 0 Å². The second kappa shape index (κ2) is 6.73. The number of aromatic nitrogens is 4. The van der Waals surface area contributed by atoms with E-state index in [4.69, 9.17) is 9.26 Å². The van der Waals surface area contributed by atoms with Crippen LogP contribution in [0.5, 0.6) is 0 Å². The molecule has 112 valence electrons. The predicted octanol–water partition coefficient (Wildman–Crippen LogP) is 1.40. The Kier molecular flexibility index (Phi) is 4.52.